The molecule has 0 bridgehead atoms. The average Bonchev–Trinajstić information content (AvgIpc) is 3.34. The van der Waals surface area contributed by atoms with Crippen molar-refractivity contribution in [2.24, 2.45) is 0 Å². The molecule has 0 radical (unpaired) electrons. The summed E-state index contributed by atoms with van der Waals surface area (Å²) in [6.07, 6.45) is -0.516. The molecule has 202 valence electrons. The molecular formula is C30H31N3O6. The molecule has 3 atom stereocenters. The molecule has 1 saturated heterocycles. The van der Waals surface area contributed by atoms with Crippen molar-refractivity contribution in [1.29, 1.82) is 0 Å². The smallest absolute Gasteiger partial charge is 0.351 e. The normalized spacial score (nSPS) is 19.1. The SMILES string of the molecule is COc1ccc(C(OC[C@H]2O[C@@H](n3ccc(N)nc3=O)C[C@@H]2O)(c2ccccc2)c2ccc(OC)cc2)cc1. The Morgan fingerprint density at radius 3 is 2.03 bits per heavy atom. The van der Waals surface area contributed by atoms with Gasteiger partial charge in [-0.25, -0.2) is 4.79 Å². The van der Waals surface area contributed by atoms with Gasteiger partial charge in [-0.2, -0.15) is 4.98 Å². The molecule has 39 heavy (non-hydrogen) atoms. The van der Waals surface area contributed by atoms with Crippen LogP contribution in [0, 0.1) is 0 Å². The highest BCUT2D eigenvalue weighted by Crippen LogP contribution is 2.42. The second-order valence-corrected chi connectivity index (χ2v) is 9.29. The van der Waals surface area contributed by atoms with E-state index in [2.05, 4.69) is 4.98 Å². The molecular weight excluding hydrogens is 498 g/mol. The summed E-state index contributed by atoms with van der Waals surface area (Å²) in [5, 5.41) is 10.9. The van der Waals surface area contributed by atoms with Crippen molar-refractivity contribution in [2.75, 3.05) is 26.6 Å². The second kappa shape index (κ2) is 11.3. The first-order chi connectivity index (χ1) is 18.9. The molecule has 9 nitrogen and oxygen atoms in total. The van der Waals surface area contributed by atoms with Crippen LogP contribution in [0.4, 0.5) is 5.82 Å². The summed E-state index contributed by atoms with van der Waals surface area (Å²) in [5.74, 6) is 1.56. The van der Waals surface area contributed by atoms with E-state index in [0.29, 0.717) is 0 Å². The highest BCUT2D eigenvalue weighted by Gasteiger charge is 2.42. The summed E-state index contributed by atoms with van der Waals surface area (Å²) in [6.45, 7) is 0.0434. The van der Waals surface area contributed by atoms with Gasteiger partial charge in [0.2, 0.25) is 0 Å². The number of nitrogens with two attached hydrogens (primary N) is 1. The molecule has 0 unspecified atom stereocenters. The van der Waals surface area contributed by atoms with Gasteiger partial charge in [0.15, 0.2) is 0 Å². The third-order valence-corrected chi connectivity index (χ3v) is 7.00. The van der Waals surface area contributed by atoms with E-state index in [-0.39, 0.29) is 18.8 Å². The van der Waals surface area contributed by atoms with Crippen molar-refractivity contribution < 1.29 is 24.1 Å². The zero-order valence-corrected chi connectivity index (χ0v) is 21.8. The summed E-state index contributed by atoms with van der Waals surface area (Å²) in [4.78, 5) is 16.1. The lowest BCUT2D eigenvalue weighted by atomic mass is 9.80. The topological polar surface area (TPSA) is 118 Å². The van der Waals surface area contributed by atoms with E-state index in [1.165, 1.54) is 16.8 Å². The quantitative estimate of drug-likeness (QED) is 0.317. The molecule has 0 spiro atoms. The van der Waals surface area contributed by atoms with Gasteiger partial charge in [0, 0.05) is 12.6 Å². The first-order valence-electron chi connectivity index (χ1n) is 12.6. The minimum absolute atomic E-state index is 0.0434. The van der Waals surface area contributed by atoms with Crippen LogP contribution < -0.4 is 20.9 Å². The van der Waals surface area contributed by atoms with Crippen molar-refractivity contribution in [3.63, 3.8) is 0 Å². The number of aliphatic hydroxyl groups is 1. The number of hydrogen-bond donors (Lipinski definition) is 2. The van der Waals surface area contributed by atoms with Crippen molar-refractivity contribution in [3.05, 3.63) is 118 Å². The molecule has 1 aliphatic heterocycles. The van der Waals surface area contributed by atoms with E-state index >= 15 is 0 Å². The fraction of sp³-hybridized carbons (Fsp3) is 0.267. The molecule has 9 heteroatoms. The molecule has 0 saturated carbocycles. The third-order valence-electron chi connectivity index (χ3n) is 7.00. The van der Waals surface area contributed by atoms with Gasteiger partial charge in [-0.3, -0.25) is 4.57 Å². The number of ether oxygens (including phenoxy) is 4. The highest BCUT2D eigenvalue weighted by molar-refractivity contribution is 5.49. The Labute approximate surface area is 226 Å². The van der Waals surface area contributed by atoms with Crippen LogP contribution in [-0.2, 0) is 15.1 Å². The summed E-state index contributed by atoms with van der Waals surface area (Å²) in [7, 11) is 3.24. The molecule has 1 aliphatic rings. The van der Waals surface area contributed by atoms with Crippen molar-refractivity contribution in [3.8, 4) is 11.5 Å². The predicted octanol–water partition coefficient (Wildman–Crippen LogP) is 3.50. The van der Waals surface area contributed by atoms with E-state index in [1.807, 2.05) is 78.9 Å². The van der Waals surface area contributed by atoms with E-state index < -0.39 is 29.7 Å². The van der Waals surface area contributed by atoms with Crippen molar-refractivity contribution in [1.82, 2.24) is 9.55 Å². The zero-order valence-electron chi connectivity index (χ0n) is 21.8. The van der Waals surface area contributed by atoms with Crippen LogP contribution in [0.2, 0.25) is 0 Å². The second-order valence-electron chi connectivity index (χ2n) is 9.29. The Bertz CT molecular complexity index is 1390. The monoisotopic (exact) mass is 529 g/mol. The fourth-order valence-corrected chi connectivity index (χ4v) is 4.96. The number of nitrogens with zero attached hydrogens (tertiary/aromatic N) is 2. The van der Waals surface area contributed by atoms with Gasteiger partial charge in [-0.15, -0.1) is 0 Å². The van der Waals surface area contributed by atoms with Crippen LogP contribution in [-0.4, -0.2) is 47.7 Å². The number of aliphatic hydroxyl groups excluding tert-OH is 1. The van der Waals surface area contributed by atoms with Crippen molar-refractivity contribution in [2.45, 2.75) is 30.5 Å². The van der Waals surface area contributed by atoms with Crippen LogP contribution in [0.3, 0.4) is 0 Å². The molecule has 1 fully saturated rings. The Balaban J connectivity index is 1.53. The largest absolute Gasteiger partial charge is 0.497 e. The van der Waals surface area contributed by atoms with Crippen LogP contribution in [0.15, 0.2) is 95.9 Å². The van der Waals surface area contributed by atoms with E-state index in [9.17, 15) is 9.90 Å². The average molecular weight is 530 g/mol. The number of nitrogen functional groups attached to an aromatic ring is 1. The van der Waals surface area contributed by atoms with Gasteiger partial charge < -0.3 is 29.8 Å². The van der Waals surface area contributed by atoms with E-state index in [4.69, 9.17) is 24.7 Å². The van der Waals surface area contributed by atoms with Gasteiger partial charge in [-0.05, 0) is 47.0 Å². The standard InChI is InChI=1S/C30H31N3O6/c1-36-23-12-8-21(9-13-23)30(20-6-4-3-5-7-20,22-10-14-24(37-2)15-11-22)38-19-26-25(34)18-28(39-26)33-17-16-27(31)32-29(33)35/h3-17,25-26,28,34H,18-19H2,1-2H3,(H2,31,32,35)/t25-,26+,28+/m0/s1. The number of rotatable bonds is 9. The van der Waals surface area contributed by atoms with Gasteiger partial charge in [0.1, 0.15) is 35.2 Å². The summed E-state index contributed by atoms with van der Waals surface area (Å²) in [6, 6.07) is 26.8. The molecule has 0 amide bonds. The lowest BCUT2D eigenvalue weighted by Crippen LogP contribution is -2.38. The maximum atomic E-state index is 12.4. The van der Waals surface area contributed by atoms with Crippen LogP contribution in [0.5, 0.6) is 11.5 Å². The number of benzene rings is 3. The van der Waals surface area contributed by atoms with Crippen molar-refractivity contribution >= 4 is 5.82 Å². The number of hydrogen-bond acceptors (Lipinski definition) is 8. The van der Waals surface area contributed by atoms with Crippen LogP contribution in [0.25, 0.3) is 0 Å². The molecule has 0 aliphatic carbocycles. The van der Waals surface area contributed by atoms with Crippen LogP contribution >= 0.6 is 0 Å². The third kappa shape index (κ3) is 5.24. The van der Waals surface area contributed by atoms with E-state index in [0.717, 1.165) is 28.2 Å². The van der Waals surface area contributed by atoms with E-state index in [1.54, 1.807) is 14.2 Å². The molecule has 3 aromatic carbocycles. The zero-order chi connectivity index (χ0) is 27.4. The molecule has 2 heterocycles. The lowest BCUT2D eigenvalue weighted by molar-refractivity contribution is -0.0944. The highest BCUT2D eigenvalue weighted by atomic mass is 16.6. The minimum atomic E-state index is -1.05. The maximum absolute atomic E-state index is 12.4. The Kier molecular flexibility index (Phi) is 7.65. The lowest BCUT2D eigenvalue weighted by Gasteiger charge is -2.37. The maximum Gasteiger partial charge on any atom is 0.351 e. The number of anilines is 1. The van der Waals surface area contributed by atoms with Gasteiger partial charge in [-0.1, -0.05) is 54.6 Å². The van der Waals surface area contributed by atoms with Gasteiger partial charge in [0.05, 0.1) is 26.9 Å². The molecule has 5 rings (SSSR count). The Morgan fingerprint density at radius 1 is 0.923 bits per heavy atom. The first-order valence-corrected chi connectivity index (χ1v) is 12.6. The summed E-state index contributed by atoms with van der Waals surface area (Å²) in [5.41, 5.74) is 6.65. The Hall–Kier alpha value is -4.18. The van der Waals surface area contributed by atoms with Crippen LogP contribution in [0.1, 0.15) is 29.3 Å². The van der Waals surface area contributed by atoms with Gasteiger partial charge >= 0.3 is 5.69 Å². The molecule has 4 aromatic rings. The summed E-state index contributed by atoms with van der Waals surface area (Å²) >= 11 is 0. The van der Waals surface area contributed by atoms with Gasteiger partial charge in [0.25, 0.3) is 0 Å². The predicted molar refractivity (Wildman–Crippen MR) is 146 cm³/mol. The minimum Gasteiger partial charge on any atom is -0.497 e. The molecule has 3 N–H and O–H groups in total. The Morgan fingerprint density at radius 2 is 1.49 bits per heavy atom. The fourth-order valence-electron chi connectivity index (χ4n) is 4.96. The number of aromatic nitrogens is 2. The number of methoxy groups -OCH3 is 2. The molecule has 1 aromatic heterocycles. The summed E-state index contributed by atoms with van der Waals surface area (Å²) < 4.78 is 25.1. The first kappa shape index (κ1) is 26.4.